The maximum atomic E-state index is 14.3. The first-order chi connectivity index (χ1) is 20.1. The van der Waals surface area contributed by atoms with E-state index in [4.69, 9.17) is 11.6 Å². The summed E-state index contributed by atoms with van der Waals surface area (Å²) in [7, 11) is -2.66. The van der Waals surface area contributed by atoms with Crippen LogP contribution in [0.15, 0.2) is 108 Å². The van der Waals surface area contributed by atoms with Crippen LogP contribution in [-0.4, -0.2) is 44.8 Å². The van der Waals surface area contributed by atoms with Crippen LogP contribution in [-0.2, 0) is 32.6 Å². The van der Waals surface area contributed by atoms with E-state index in [1.807, 2.05) is 61.5 Å². The molecule has 0 fully saturated rings. The van der Waals surface area contributed by atoms with Gasteiger partial charge in [-0.1, -0.05) is 90.0 Å². The largest absolute Gasteiger partial charge is 0.357 e. The summed E-state index contributed by atoms with van der Waals surface area (Å²) in [5.74, 6) is -0.857. The van der Waals surface area contributed by atoms with Crippen molar-refractivity contribution < 1.29 is 18.0 Å². The number of para-hydroxylation sites is 1. The first-order valence-electron chi connectivity index (χ1n) is 13.5. The second kappa shape index (κ2) is 13.7. The summed E-state index contributed by atoms with van der Waals surface area (Å²) in [4.78, 5) is 29.1. The van der Waals surface area contributed by atoms with Crippen LogP contribution < -0.4 is 9.62 Å². The lowest BCUT2D eigenvalue weighted by atomic mass is 10.0. The Bertz CT molecular complexity index is 1640. The highest BCUT2D eigenvalue weighted by Crippen LogP contribution is 2.28. The van der Waals surface area contributed by atoms with Crippen molar-refractivity contribution in [2.45, 2.75) is 37.8 Å². The molecular formula is C33H34ClN3O4S. The van der Waals surface area contributed by atoms with Gasteiger partial charge in [0.25, 0.3) is 10.0 Å². The number of carbonyl (C=O) groups is 2. The summed E-state index contributed by atoms with van der Waals surface area (Å²) < 4.78 is 29.2. The molecule has 0 saturated heterocycles. The molecule has 1 N–H and O–H groups in total. The molecule has 0 spiro atoms. The van der Waals surface area contributed by atoms with E-state index in [1.54, 1.807) is 31.2 Å². The van der Waals surface area contributed by atoms with E-state index in [2.05, 4.69) is 5.32 Å². The van der Waals surface area contributed by atoms with Crippen molar-refractivity contribution in [3.63, 3.8) is 0 Å². The van der Waals surface area contributed by atoms with Gasteiger partial charge in [0.05, 0.1) is 10.6 Å². The molecule has 9 heteroatoms. The Morgan fingerprint density at radius 3 is 2.12 bits per heavy atom. The van der Waals surface area contributed by atoms with Crippen molar-refractivity contribution in [3.8, 4) is 0 Å². The average Bonchev–Trinajstić information content (AvgIpc) is 2.98. The van der Waals surface area contributed by atoms with E-state index >= 15 is 0 Å². The summed E-state index contributed by atoms with van der Waals surface area (Å²) in [6.07, 6.45) is 0.256. The van der Waals surface area contributed by atoms with Crippen molar-refractivity contribution in [1.29, 1.82) is 0 Å². The van der Waals surface area contributed by atoms with Gasteiger partial charge in [-0.05, 0) is 60.9 Å². The van der Waals surface area contributed by atoms with E-state index in [-0.39, 0.29) is 23.8 Å². The summed E-state index contributed by atoms with van der Waals surface area (Å²) in [5.41, 5.74) is 3.76. The second-order valence-electron chi connectivity index (χ2n) is 10.1. The third kappa shape index (κ3) is 7.38. The number of nitrogens with one attached hydrogen (secondary N) is 1. The number of hydrogen-bond donors (Lipinski definition) is 1. The van der Waals surface area contributed by atoms with Crippen molar-refractivity contribution in [2.24, 2.45) is 0 Å². The normalized spacial score (nSPS) is 11.9. The molecule has 218 valence electrons. The molecule has 0 saturated carbocycles. The lowest BCUT2D eigenvalue weighted by Crippen LogP contribution is -2.53. The van der Waals surface area contributed by atoms with Gasteiger partial charge < -0.3 is 10.2 Å². The molecular weight excluding hydrogens is 570 g/mol. The number of rotatable bonds is 11. The number of amides is 2. The summed E-state index contributed by atoms with van der Waals surface area (Å²) in [5, 5.41) is 3.09. The van der Waals surface area contributed by atoms with Gasteiger partial charge in [0, 0.05) is 25.0 Å². The average molecular weight is 604 g/mol. The quantitative estimate of drug-likeness (QED) is 0.244. The monoisotopic (exact) mass is 603 g/mol. The summed E-state index contributed by atoms with van der Waals surface area (Å²) in [6.45, 7) is 3.35. The first-order valence-corrected chi connectivity index (χ1v) is 15.4. The van der Waals surface area contributed by atoms with Gasteiger partial charge in [-0.3, -0.25) is 13.9 Å². The molecule has 0 bridgehead atoms. The first kappa shape index (κ1) is 30.8. The number of nitrogens with zero attached hydrogens (tertiary/aromatic N) is 2. The van der Waals surface area contributed by atoms with Crippen LogP contribution in [0.2, 0.25) is 5.02 Å². The molecule has 0 heterocycles. The fraction of sp³-hybridized carbons (Fsp3) is 0.212. The van der Waals surface area contributed by atoms with Crippen molar-refractivity contribution >= 4 is 39.1 Å². The van der Waals surface area contributed by atoms with Crippen LogP contribution in [0, 0.1) is 13.8 Å². The number of likely N-dealkylation sites (N-methyl/N-ethyl adjacent to an activating group) is 1. The highest BCUT2D eigenvalue weighted by Gasteiger charge is 2.34. The lowest BCUT2D eigenvalue weighted by Gasteiger charge is -2.34. The van der Waals surface area contributed by atoms with Crippen LogP contribution in [0.4, 0.5) is 5.69 Å². The molecule has 4 aromatic rings. The number of hydrogen-bond acceptors (Lipinski definition) is 4. The lowest BCUT2D eigenvalue weighted by molar-refractivity contribution is -0.139. The number of halogens is 1. The van der Waals surface area contributed by atoms with E-state index in [1.165, 1.54) is 36.2 Å². The third-order valence-corrected chi connectivity index (χ3v) is 9.04. The molecule has 1 atom stereocenters. The Labute approximate surface area is 252 Å². The zero-order valence-electron chi connectivity index (χ0n) is 23.8. The Morgan fingerprint density at radius 2 is 1.48 bits per heavy atom. The van der Waals surface area contributed by atoms with Gasteiger partial charge in [-0.25, -0.2) is 8.42 Å². The molecule has 0 aliphatic heterocycles. The molecule has 7 nitrogen and oxygen atoms in total. The van der Waals surface area contributed by atoms with Crippen LogP contribution in [0.25, 0.3) is 0 Å². The number of carbonyl (C=O) groups excluding carboxylic acids is 2. The standard InChI is InChI=1S/C33H34ClN3O4S/c1-24-10-9-14-27(20-24)22-36(31(33(39)35-3)21-26-12-5-4-6-13-26)32(38)23-37(30-15-8-7-11-25(30)2)42(40,41)29-18-16-28(34)17-19-29/h4-20,31H,21-23H2,1-3H3,(H,35,39)/t31-/m1/s1. The molecule has 42 heavy (non-hydrogen) atoms. The van der Waals surface area contributed by atoms with Crippen molar-refractivity contribution in [1.82, 2.24) is 10.2 Å². The molecule has 0 unspecified atom stereocenters. The smallest absolute Gasteiger partial charge is 0.264 e. The molecule has 4 aromatic carbocycles. The highest BCUT2D eigenvalue weighted by atomic mass is 35.5. The number of anilines is 1. The van der Waals surface area contributed by atoms with Crippen LogP contribution in [0.5, 0.6) is 0 Å². The van der Waals surface area contributed by atoms with Gasteiger partial charge in [-0.15, -0.1) is 0 Å². The van der Waals surface area contributed by atoms with E-state index in [0.29, 0.717) is 16.3 Å². The predicted octanol–water partition coefficient (Wildman–Crippen LogP) is 5.54. The highest BCUT2D eigenvalue weighted by molar-refractivity contribution is 7.92. The Balaban J connectivity index is 1.80. The SMILES string of the molecule is CNC(=O)[C@@H](Cc1ccccc1)N(Cc1cccc(C)c1)C(=O)CN(c1ccccc1C)S(=O)(=O)c1ccc(Cl)cc1. The zero-order valence-corrected chi connectivity index (χ0v) is 25.4. The Kier molecular flexibility index (Phi) is 10.0. The second-order valence-corrected chi connectivity index (χ2v) is 12.4. The number of benzene rings is 4. The molecule has 2 amide bonds. The zero-order chi connectivity index (χ0) is 30.3. The molecule has 0 radical (unpaired) electrons. The maximum Gasteiger partial charge on any atom is 0.264 e. The molecule has 0 aliphatic rings. The fourth-order valence-electron chi connectivity index (χ4n) is 4.82. The van der Waals surface area contributed by atoms with E-state index in [0.717, 1.165) is 21.0 Å². The Morgan fingerprint density at radius 1 is 0.833 bits per heavy atom. The summed E-state index contributed by atoms with van der Waals surface area (Å²) in [6, 6.07) is 29.1. The minimum absolute atomic E-state index is 0.000300. The summed E-state index contributed by atoms with van der Waals surface area (Å²) >= 11 is 6.04. The van der Waals surface area contributed by atoms with Crippen molar-refractivity contribution in [3.05, 3.63) is 130 Å². The minimum Gasteiger partial charge on any atom is -0.357 e. The predicted molar refractivity (Wildman–Crippen MR) is 167 cm³/mol. The number of aryl methyl sites for hydroxylation is 2. The Hall–Kier alpha value is -4.14. The fourth-order valence-corrected chi connectivity index (χ4v) is 6.42. The maximum absolute atomic E-state index is 14.3. The van der Waals surface area contributed by atoms with Crippen LogP contribution >= 0.6 is 11.6 Å². The van der Waals surface area contributed by atoms with Gasteiger partial charge in [0.2, 0.25) is 11.8 Å². The molecule has 4 rings (SSSR count). The van der Waals surface area contributed by atoms with E-state index in [9.17, 15) is 18.0 Å². The van der Waals surface area contributed by atoms with Crippen LogP contribution in [0.3, 0.4) is 0 Å². The third-order valence-electron chi connectivity index (χ3n) is 7.02. The van der Waals surface area contributed by atoms with Gasteiger partial charge >= 0.3 is 0 Å². The number of sulfonamides is 1. The van der Waals surface area contributed by atoms with Crippen molar-refractivity contribution in [2.75, 3.05) is 17.9 Å². The van der Waals surface area contributed by atoms with Gasteiger partial charge in [0.15, 0.2) is 0 Å². The minimum atomic E-state index is -4.19. The van der Waals surface area contributed by atoms with E-state index < -0.39 is 28.5 Å². The van der Waals surface area contributed by atoms with Crippen LogP contribution in [0.1, 0.15) is 22.3 Å². The molecule has 0 aliphatic carbocycles. The van der Waals surface area contributed by atoms with Gasteiger partial charge in [0.1, 0.15) is 12.6 Å². The topological polar surface area (TPSA) is 86.8 Å². The molecule has 0 aromatic heterocycles. The van der Waals surface area contributed by atoms with Gasteiger partial charge in [-0.2, -0.15) is 0 Å².